The van der Waals surface area contributed by atoms with Crippen molar-refractivity contribution in [3.8, 4) is 11.8 Å². The van der Waals surface area contributed by atoms with Gasteiger partial charge in [0.1, 0.15) is 6.04 Å². The lowest BCUT2D eigenvalue weighted by Gasteiger charge is -2.40. The molecule has 0 aromatic heterocycles. The predicted octanol–water partition coefficient (Wildman–Crippen LogP) is 1.09. The Morgan fingerprint density at radius 2 is 1.88 bits per heavy atom. The van der Waals surface area contributed by atoms with Crippen LogP contribution in [0.2, 0.25) is 0 Å². The highest BCUT2D eigenvalue weighted by Crippen LogP contribution is 2.35. The zero-order valence-electron chi connectivity index (χ0n) is 20.5. The fourth-order valence-corrected chi connectivity index (χ4v) is 4.74. The quantitative estimate of drug-likeness (QED) is 0.461. The summed E-state index contributed by atoms with van der Waals surface area (Å²) in [6.07, 6.45) is 0.619. The van der Waals surface area contributed by atoms with E-state index >= 15 is 0 Å². The van der Waals surface area contributed by atoms with E-state index in [4.69, 9.17) is 10.5 Å². The number of hydrogen-bond donors (Lipinski definition) is 4. The number of aliphatic hydroxyl groups excluding tert-OH is 1. The molecular formula is C26H37N3O5. The second-order valence-electron chi connectivity index (χ2n) is 10.2. The molecule has 2 amide bonds. The Bertz CT molecular complexity index is 938. The molecule has 0 bridgehead atoms. The van der Waals surface area contributed by atoms with Crippen molar-refractivity contribution in [1.29, 1.82) is 0 Å². The van der Waals surface area contributed by atoms with Gasteiger partial charge in [0.25, 0.3) is 0 Å². The van der Waals surface area contributed by atoms with Crippen LogP contribution < -0.4 is 11.1 Å². The molecule has 8 heteroatoms. The van der Waals surface area contributed by atoms with E-state index in [0.717, 1.165) is 5.56 Å². The van der Waals surface area contributed by atoms with Gasteiger partial charge < -0.3 is 30.9 Å². The van der Waals surface area contributed by atoms with Crippen LogP contribution >= 0.6 is 0 Å². The molecule has 1 aromatic rings. The fourth-order valence-electron chi connectivity index (χ4n) is 4.74. The summed E-state index contributed by atoms with van der Waals surface area (Å²) in [4.78, 5) is 28.1. The fraction of sp³-hybridized carbons (Fsp3) is 0.615. The van der Waals surface area contributed by atoms with Gasteiger partial charge in [0, 0.05) is 31.7 Å². The third-order valence-corrected chi connectivity index (χ3v) is 7.02. The SMILES string of the molecule is CC#Cc1ccc([C@@H](NC(=O)[C@@H]2C[C@@H](O)CN2C(=O)C(N)C2(C)CCOCC2)C(C)(C)O)cc1. The molecule has 2 aliphatic heterocycles. The van der Waals surface area contributed by atoms with Gasteiger partial charge >= 0.3 is 0 Å². The number of benzene rings is 1. The average Bonchev–Trinajstić information content (AvgIpc) is 3.19. The van der Waals surface area contributed by atoms with Crippen molar-refractivity contribution in [2.24, 2.45) is 11.1 Å². The maximum atomic E-state index is 13.4. The monoisotopic (exact) mass is 471 g/mol. The second kappa shape index (κ2) is 10.4. The van der Waals surface area contributed by atoms with Gasteiger partial charge in [-0.15, -0.1) is 5.92 Å². The maximum Gasteiger partial charge on any atom is 0.243 e. The van der Waals surface area contributed by atoms with Crippen LogP contribution in [0.4, 0.5) is 0 Å². The van der Waals surface area contributed by atoms with Crippen molar-refractivity contribution in [1.82, 2.24) is 10.2 Å². The smallest absolute Gasteiger partial charge is 0.243 e. The molecule has 3 rings (SSSR count). The average molecular weight is 472 g/mol. The van der Waals surface area contributed by atoms with E-state index < -0.39 is 41.2 Å². The van der Waals surface area contributed by atoms with Crippen LogP contribution in [0, 0.1) is 17.3 Å². The number of ether oxygens (including phenoxy) is 1. The molecule has 186 valence electrons. The molecule has 2 saturated heterocycles. The van der Waals surface area contributed by atoms with Crippen LogP contribution in [-0.2, 0) is 14.3 Å². The van der Waals surface area contributed by atoms with E-state index in [1.165, 1.54) is 4.90 Å². The Morgan fingerprint density at radius 1 is 1.26 bits per heavy atom. The number of carbonyl (C=O) groups is 2. The van der Waals surface area contributed by atoms with E-state index in [9.17, 15) is 19.8 Å². The zero-order valence-corrected chi connectivity index (χ0v) is 20.5. The Balaban J connectivity index is 1.79. The molecular weight excluding hydrogens is 434 g/mol. The normalized spacial score (nSPS) is 24.0. The van der Waals surface area contributed by atoms with Crippen LogP contribution in [-0.4, -0.2) is 70.5 Å². The van der Waals surface area contributed by atoms with Crippen LogP contribution in [0.25, 0.3) is 0 Å². The zero-order chi connectivity index (χ0) is 25.1. The second-order valence-corrected chi connectivity index (χ2v) is 10.2. The van der Waals surface area contributed by atoms with Gasteiger partial charge in [0.15, 0.2) is 0 Å². The highest BCUT2D eigenvalue weighted by molar-refractivity contribution is 5.91. The number of β-amino-alcohol motifs (C(OH)–C–C–N with tert-alkyl or cyclic N) is 1. The molecule has 1 unspecified atom stereocenters. The third kappa shape index (κ3) is 5.78. The van der Waals surface area contributed by atoms with Gasteiger partial charge in [-0.2, -0.15) is 0 Å². The van der Waals surface area contributed by atoms with E-state index in [-0.39, 0.29) is 18.9 Å². The number of rotatable bonds is 6. The van der Waals surface area contributed by atoms with Gasteiger partial charge in [-0.05, 0) is 56.7 Å². The summed E-state index contributed by atoms with van der Waals surface area (Å²) in [6.45, 7) is 8.09. The van der Waals surface area contributed by atoms with Gasteiger partial charge in [-0.3, -0.25) is 9.59 Å². The molecule has 0 saturated carbocycles. The Labute approximate surface area is 201 Å². The largest absolute Gasteiger partial charge is 0.391 e. The highest BCUT2D eigenvalue weighted by Gasteiger charge is 2.46. The minimum absolute atomic E-state index is 0.0504. The number of nitrogens with zero attached hydrogens (tertiary/aromatic N) is 1. The molecule has 5 N–H and O–H groups in total. The van der Waals surface area contributed by atoms with Crippen LogP contribution in [0.1, 0.15) is 64.1 Å². The Kier molecular flexibility index (Phi) is 8.04. The van der Waals surface area contributed by atoms with E-state index in [2.05, 4.69) is 17.2 Å². The molecule has 2 heterocycles. The number of aliphatic hydroxyl groups is 2. The van der Waals surface area contributed by atoms with Gasteiger partial charge in [-0.1, -0.05) is 25.0 Å². The number of carbonyl (C=O) groups excluding carboxylic acids is 2. The summed E-state index contributed by atoms with van der Waals surface area (Å²) < 4.78 is 5.42. The summed E-state index contributed by atoms with van der Waals surface area (Å²) in [5.74, 6) is 5.03. The van der Waals surface area contributed by atoms with Crippen molar-refractivity contribution in [2.75, 3.05) is 19.8 Å². The summed E-state index contributed by atoms with van der Waals surface area (Å²) in [7, 11) is 0. The van der Waals surface area contributed by atoms with Crippen molar-refractivity contribution in [3.63, 3.8) is 0 Å². The van der Waals surface area contributed by atoms with Gasteiger partial charge in [-0.25, -0.2) is 0 Å². The van der Waals surface area contributed by atoms with Gasteiger partial charge in [0.05, 0.1) is 23.8 Å². The first-order chi connectivity index (χ1) is 16.0. The van der Waals surface area contributed by atoms with E-state index in [0.29, 0.717) is 31.6 Å². The molecule has 2 fully saturated rings. The van der Waals surface area contributed by atoms with Crippen molar-refractivity contribution in [2.45, 2.75) is 76.8 Å². The molecule has 0 spiro atoms. The molecule has 4 atom stereocenters. The minimum Gasteiger partial charge on any atom is -0.391 e. The number of nitrogens with one attached hydrogen (secondary N) is 1. The maximum absolute atomic E-state index is 13.4. The van der Waals surface area contributed by atoms with E-state index in [1.54, 1.807) is 20.8 Å². The lowest BCUT2D eigenvalue weighted by molar-refractivity contribution is -0.143. The first-order valence-electron chi connectivity index (χ1n) is 11.8. The summed E-state index contributed by atoms with van der Waals surface area (Å²) in [5.41, 5.74) is 6.25. The standard InChI is InChI=1S/C26H37N3O5/c1-5-6-17-7-9-18(10-8-17)22(25(2,3)33)28-23(31)20-15-19(30)16-29(20)24(32)21(27)26(4)11-13-34-14-12-26/h7-10,19-22,30,33H,11-16,27H2,1-4H3,(H,28,31)/t19-,20+,21?,22-/m1/s1. The lowest BCUT2D eigenvalue weighted by atomic mass is 9.75. The molecule has 1 aromatic carbocycles. The summed E-state index contributed by atoms with van der Waals surface area (Å²) in [5, 5.41) is 24.0. The number of likely N-dealkylation sites (tertiary alicyclic amines) is 1. The lowest BCUT2D eigenvalue weighted by Crippen LogP contribution is -2.58. The van der Waals surface area contributed by atoms with Crippen LogP contribution in [0.15, 0.2) is 24.3 Å². The summed E-state index contributed by atoms with van der Waals surface area (Å²) in [6, 6.07) is 4.91. The molecule has 0 radical (unpaired) electrons. The Hall–Kier alpha value is -2.44. The topological polar surface area (TPSA) is 125 Å². The molecule has 34 heavy (non-hydrogen) atoms. The van der Waals surface area contributed by atoms with Gasteiger partial charge in [0.2, 0.25) is 11.8 Å². The molecule has 0 aliphatic carbocycles. The third-order valence-electron chi connectivity index (χ3n) is 7.02. The molecule has 2 aliphatic rings. The highest BCUT2D eigenvalue weighted by atomic mass is 16.5. The van der Waals surface area contributed by atoms with Crippen LogP contribution in [0.5, 0.6) is 0 Å². The minimum atomic E-state index is -1.27. The Morgan fingerprint density at radius 3 is 2.44 bits per heavy atom. The van der Waals surface area contributed by atoms with Crippen molar-refractivity contribution < 1.29 is 24.5 Å². The first kappa shape index (κ1) is 26.2. The van der Waals surface area contributed by atoms with Crippen molar-refractivity contribution >= 4 is 11.8 Å². The predicted molar refractivity (Wildman–Crippen MR) is 128 cm³/mol. The molecule has 8 nitrogen and oxygen atoms in total. The number of nitrogens with two attached hydrogens (primary N) is 1. The van der Waals surface area contributed by atoms with Crippen LogP contribution in [0.3, 0.4) is 0 Å². The summed E-state index contributed by atoms with van der Waals surface area (Å²) >= 11 is 0. The number of hydrogen-bond acceptors (Lipinski definition) is 6. The van der Waals surface area contributed by atoms with E-state index in [1.807, 2.05) is 31.2 Å². The number of amides is 2. The first-order valence-corrected chi connectivity index (χ1v) is 11.8. The van der Waals surface area contributed by atoms with Crippen molar-refractivity contribution in [3.05, 3.63) is 35.4 Å².